The van der Waals surface area contributed by atoms with E-state index >= 15 is 0 Å². The highest BCUT2D eigenvalue weighted by molar-refractivity contribution is 7.90. The number of nitrogens with one attached hydrogen (secondary N) is 1. The summed E-state index contributed by atoms with van der Waals surface area (Å²) in [6, 6.07) is 12.2. The molecule has 136 valence electrons. The molecule has 0 amide bonds. The summed E-state index contributed by atoms with van der Waals surface area (Å²) in [5, 5.41) is 4.30. The highest BCUT2D eigenvalue weighted by atomic mass is 32.2. The van der Waals surface area contributed by atoms with Crippen molar-refractivity contribution in [1.29, 1.82) is 5.53 Å². The molecule has 0 bridgehead atoms. The Kier molecular flexibility index (Phi) is 5.33. The minimum absolute atomic E-state index is 0.0558. The number of rotatable bonds is 7. The molecule has 0 atom stereocenters. The van der Waals surface area contributed by atoms with Gasteiger partial charge in [-0.15, -0.1) is 0 Å². The van der Waals surface area contributed by atoms with Gasteiger partial charge in [0, 0.05) is 13.1 Å². The zero-order valence-corrected chi connectivity index (χ0v) is 16.3. The Bertz CT molecular complexity index is 1030. The van der Waals surface area contributed by atoms with Crippen LogP contribution in [-0.4, -0.2) is 26.5 Å². The summed E-state index contributed by atoms with van der Waals surface area (Å²) in [4.78, 5) is 6.76. The number of fused-ring (bicyclic) bond motifs is 1. The van der Waals surface area contributed by atoms with Gasteiger partial charge in [0.1, 0.15) is 5.69 Å². The lowest BCUT2D eigenvalue weighted by Gasteiger charge is -2.16. The SMILES string of the molecule is CCN(CC)c1nc2cc(S(=O)(=O)Cc3ccccc3)c(N=N)cc2s1. The normalized spacial score (nSPS) is 11.6. The van der Waals surface area contributed by atoms with Gasteiger partial charge in [-0.05, 0) is 31.5 Å². The van der Waals surface area contributed by atoms with E-state index in [-0.39, 0.29) is 16.3 Å². The van der Waals surface area contributed by atoms with Crippen LogP contribution in [0.3, 0.4) is 0 Å². The van der Waals surface area contributed by atoms with Crippen molar-refractivity contribution < 1.29 is 8.42 Å². The number of nitrogens with zero attached hydrogens (tertiary/aromatic N) is 3. The molecule has 0 saturated carbocycles. The van der Waals surface area contributed by atoms with Gasteiger partial charge in [0.15, 0.2) is 15.0 Å². The van der Waals surface area contributed by atoms with E-state index in [0.717, 1.165) is 22.9 Å². The van der Waals surface area contributed by atoms with Crippen LogP contribution in [0.5, 0.6) is 0 Å². The summed E-state index contributed by atoms with van der Waals surface area (Å²) in [6.07, 6.45) is 0. The van der Waals surface area contributed by atoms with Gasteiger partial charge in [0.05, 0.1) is 20.9 Å². The first-order valence-electron chi connectivity index (χ1n) is 8.32. The van der Waals surface area contributed by atoms with Crippen molar-refractivity contribution in [1.82, 2.24) is 4.98 Å². The van der Waals surface area contributed by atoms with Crippen LogP contribution in [0.15, 0.2) is 52.5 Å². The number of aromatic nitrogens is 1. The molecule has 2 aromatic carbocycles. The van der Waals surface area contributed by atoms with Crippen molar-refractivity contribution in [3.63, 3.8) is 0 Å². The smallest absolute Gasteiger partial charge is 0.186 e. The van der Waals surface area contributed by atoms with E-state index in [1.807, 2.05) is 6.07 Å². The van der Waals surface area contributed by atoms with Gasteiger partial charge in [-0.25, -0.2) is 18.9 Å². The fraction of sp³-hybridized carbons (Fsp3) is 0.278. The monoisotopic (exact) mass is 388 g/mol. The Hall–Kier alpha value is -2.32. The van der Waals surface area contributed by atoms with Gasteiger partial charge < -0.3 is 4.90 Å². The number of hydrogen-bond acceptors (Lipinski definition) is 7. The third-order valence-corrected chi connectivity index (χ3v) is 6.94. The van der Waals surface area contributed by atoms with E-state index < -0.39 is 9.84 Å². The minimum Gasteiger partial charge on any atom is -0.349 e. The van der Waals surface area contributed by atoms with Crippen LogP contribution in [0.1, 0.15) is 19.4 Å². The number of anilines is 1. The van der Waals surface area contributed by atoms with Crippen molar-refractivity contribution in [2.45, 2.75) is 24.5 Å². The van der Waals surface area contributed by atoms with E-state index in [1.165, 1.54) is 11.3 Å². The van der Waals surface area contributed by atoms with Crippen LogP contribution in [0.4, 0.5) is 10.8 Å². The molecule has 0 fully saturated rings. The maximum Gasteiger partial charge on any atom is 0.186 e. The van der Waals surface area contributed by atoms with Crippen LogP contribution >= 0.6 is 11.3 Å². The Balaban J connectivity index is 2.08. The summed E-state index contributed by atoms with van der Waals surface area (Å²) < 4.78 is 26.6. The summed E-state index contributed by atoms with van der Waals surface area (Å²) >= 11 is 1.48. The predicted octanol–water partition coefficient (Wildman–Crippen LogP) is 4.78. The predicted molar refractivity (Wildman–Crippen MR) is 105 cm³/mol. The van der Waals surface area contributed by atoms with Crippen LogP contribution in [0, 0.1) is 5.53 Å². The van der Waals surface area contributed by atoms with Crippen LogP contribution < -0.4 is 4.90 Å². The number of sulfone groups is 1. The van der Waals surface area contributed by atoms with E-state index in [2.05, 4.69) is 28.8 Å². The molecule has 3 rings (SSSR count). The van der Waals surface area contributed by atoms with Gasteiger partial charge in [-0.1, -0.05) is 41.7 Å². The zero-order valence-electron chi connectivity index (χ0n) is 14.6. The average molecular weight is 389 g/mol. The second-order valence-electron chi connectivity index (χ2n) is 5.81. The van der Waals surface area contributed by atoms with Crippen molar-refractivity contribution in [2.75, 3.05) is 18.0 Å². The Labute approximate surface area is 156 Å². The maximum absolute atomic E-state index is 12.9. The third-order valence-electron chi connectivity index (χ3n) is 4.15. The van der Waals surface area contributed by atoms with Crippen LogP contribution in [0.2, 0.25) is 0 Å². The van der Waals surface area contributed by atoms with Crippen molar-refractivity contribution in [2.24, 2.45) is 5.11 Å². The summed E-state index contributed by atoms with van der Waals surface area (Å²) in [5.74, 6) is -0.130. The summed E-state index contributed by atoms with van der Waals surface area (Å²) in [6.45, 7) is 5.75. The Morgan fingerprint density at radius 2 is 1.85 bits per heavy atom. The quantitative estimate of drug-likeness (QED) is 0.590. The first-order valence-corrected chi connectivity index (χ1v) is 10.8. The highest BCUT2D eigenvalue weighted by Gasteiger charge is 2.22. The van der Waals surface area contributed by atoms with Gasteiger partial charge in [0.25, 0.3) is 0 Å². The Morgan fingerprint density at radius 3 is 2.46 bits per heavy atom. The largest absolute Gasteiger partial charge is 0.349 e. The van der Waals surface area contributed by atoms with Gasteiger partial charge in [-0.3, -0.25) is 0 Å². The molecule has 0 saturated heterocycles. The molecule has 0 aliphatic carbocycles. The van der Waals surface area contributed by atoms with Gasteiger partial charge in [-0.2, -0.15) is 5.11 Å². The molecule has 6 nitrogen and oxygen atoms in total. The summed E-state index contributed by atoms with van der Waals surface area (Å²) in [7, 11) is -3.63. The fourth-order valence-corrected chi connectivity index (χ4v) is 5.38. The fourth-order valence-electron chi connectivity index (χ4n) is 2.77. The molecule has 0 unspecified atom stereocenters. The standard InChI is InChI=1S/C18H20N4O2S2/c1-3-22(4-2)18-20-14-11-17(15(21-19)10-16(14)25-18)26(23,24)12-13-8-6-5-7-9-13/h5-11,19H,3-4,12H2,1-2H3. The summed E-state index contributed by atoms with van der Waals surface area (Å²) in [5.41, 5.74) is 8.89. The lowest BCUT2D eigenvalue weighted by atomic mass is 10.2. The molecule has 26 heavy (non-hydrogen) atoms. The molecule has 1 aromatic heterocycles. The molecule has 0 radical (unpaired) electrons. The molecule has 0 aliphatic heterocycles. The first-order chi connectivity index (χ1) is 12.5. The Morgan fingerprint density at radius 1 is 1.15 bits per heavy atom. The molecule has 0 spiro atoms. The number of thiazole rings is 1. The zero-order chi connectivity index (χ0) is 18.7. The maximum atomic E-state index is 12.9. The van der Waals surface area contributed by atoms with Crippen molar-refractivity contribution >= 4 is 42.2 Å². The molecule has 0 aliphatic rings. The van der Waals surface area contributed by atoms with E-state index in [0.29, 0.717) is 11.1 Å². The molecular weight excluding hydrogens is 368 g/mol. The minimum atomic E-state index is -3.63. The topological polar surface area (TPSA) is 86.5 Å². The van der Waals surface area contributed by atoms with E-state index in [1.54, 1.807) is 36.4 Å². The third kappa shape index (κ3) is 3.61. The second-order valence-corrected chi connectivity index (χ2v) is 8.78. The lowest BCUT2D eigenvalue weighted by Crippen LogP contribution is -2.21. The lowest BCUT2D eigenvalue weighted by molar-refractivity contribution is 0.595. The molecular formula is C18H20N4O2S2. The highest BCUT2D eigenvalue weighted by Crippen LogP contribution is 2.36. The van der Waals surface area contributed by atoms with Gasteiger partial charge in [0.2, 0.25) is 0 Å². The van der Waals surface area contributed by atoms with E-state index in [9.17, 15) is 8.42 Å². The van der Waals surface area contributed by atoms with Gasteiger partial charge >= 0.3 is 0 Å². The molecule has 1 N–H and O–H groups in total. The molecule has 8 heteroatoms. The van der Waals surface area contributed by atoms with E-state index in [4.69, 9.17) is 5.53 Å². The van der Waals surface area contributed by atoms with Crippen molar-refractivity contribution in [3.05, 3.63) is 48.0 Å². The van der Waals surface area contributed by atoms with Crippen LogP contribution in [-0.2, 0) is 15.6 Å². The average Bonchev–Trinajstić information content (AvgIpc) is 3.04. The second kappa shape index (κ2) is 7.51. The molecule has 1 heterocycles. The van der Waals surface area contributed by atoms with Crippen molar-refractivity contribution in [3.8, 4) is 0 Å². The number of benzene rings is 2. The first kappa shape index (κ1) is 18.5. The number of hydrogen-bond donors (Lipinski definition) is 1. The molecule has 3 aromatic rings. The van der Waals surface area contributed by atoms with Crippen LogP contribution in [0.25, 0.3) is 10.2 Å².